The molecule has 4 heteroatoms. The van der Waals surface area contributed by atoms with E-state index in [0.717, 1.165) is 16.5 Å². The minimum absolute atomic E-state index is 0.0522. The molecule has 0 saturated carbocycles. The van der Waals surface area contributed by atoms with E-state index in [0.29, 0.717) is 13.0 Å². The molecule has 0 aliphatic carbocycles. The van der Waals surface area contributed by atoms with Crippen LogP contribution in [0.3, 0.4) is 0 Å². The van der Waals surface area contributed by atoms with Crippen LogP contribution in [0.5, 0.6) is 0 Å². The fraction of sp³-hybridized carbons (Fsp3) is 0.353. The first-order valence-corrected chi connectivity index (χ1v) is 7.14. The van der Waals surface area contributed by atoms with Crippen molar-refractivity contribution in [2.24, 2.45) is 7.05 Å². The third-order valence-electron chi connectivity index (χ3n) is 3.59. The van der Waals surface area contributed by atoms with Crippen molar-refractivity contribution in [2.45, 2.75) is 19.4 Å². The van der Waals surface area contributed by atoms with Gasteiger partial charge in [0.25, 0.3) is 0 Å². The van der Waals surface area contributed by atoms with Gasteiger partial charge in [-0.25, -0.2) is 0 Å². The van der Waals surface area contributed by atoms with E-state index in [-0.39, 0.29) is 12.0 Å². The highest BCUT2D eigenvalue weighted by molar-refractivity contribution is 5.96. The molecule has 0 fully saturated rings. The van der Waals surface area contributed by atoms with E-state index >= 15 is 0 Å². The second-order valence-corrected chi connectivity index (χ2v) is 5.44. The number of carbonyl (C=O) groups is 1. The van der Waals surface area contributed by atoms with Gasteiger partial charge >= 0.3 is 0 Å². The van der Waals surface area contributed by atoms with Gasteiger partial charge in [-0.2, -0.15) is 0 Å². The second kappa shape index (κ2) is 6.59. The van der Waals surface area contributed by atoms with Gasteiger partial charge in [-0.15, -0.1) is 0 Å². The molecule has 0 radical (unpaired) electrons. The van der Waals surface area contributed by atoms with Gasteiger partial charge in [0.1, 0.15) is 0 Å². The third kappa shape index (κ3) is 3.73. The predicted molar refractivity (Wildman–Crippen MR) is 85.9 cm³/mol. The highest BCUT2D eigenvalue weighted by Crippen LogP contribution is 2.21. The van der Waals surface area contributed by atoms with E-state index < -0.39 is 0 Å². The van der Waals surface area contributed by atoms with Crippen molar-refractivity contribution in [3.63, 3.8) is 0 Å². The van der Waals surface area contributed by atoms with Crippen LogP contribution >= 0.6 is 0 Å². The fourth-order valence-electron chi connectivity index (χ4n) is 2.28. The summed E-state index contributed by atoms with van der Waals surface area (Å²) in [5, 5.41) is 10.4. The summed E-state index contributed by atoms with van der Waals surface area (Å²) in [6.07, 6.45) is 5.66. The SMILES string of the molecule is CC(O)CCN(C)C(=O)/C=C/c1cn(C)c2ccccc12. The van der Waals surface area contributed by atoms with Crippen LogP contribution in [0.15, 0.2) is 36.5 Å². The number of fused-ring (bicyclic) bond motifs is 1. The van der Waals surface area contributed by atoms with Gasteiger partial charge in [0.05, 0.1) is 6.10 Å². The molecule has 112 valence electrons. The van der Waals surface area contributed by atoms with Crippen LogP contribution in [0.25, 0.3) is 17.0 Å². The molecule has 1 N–H and O–H groups in total. The molecule has 0 aliphatic rings. The van der Waals surface area contributed by atoms with Crippen LogP contribution in [0.4, 0.5) is 0 Å². The first-order valence-electron chi connectivity index (χ1n) is 7.14. The van der Waals surface area contributed by atoms with Gasteiger partial charge in [0.2, 0.25) is 5.91 Å². The molecule has 4 nitrogen and oxygen atoms in total. The first-order chi connectivity index (χ1) is 9.99. The van der Waals surface area contributed by atoms with Crippen molar-refractivity contribution in [1.29, 1.82) is 0 Å². The summed E-state index contributed by atoms with van der Waals surface area (Å²) in [4.78, 5) is 13.6. The Bertz CT molecular complexity index is 656. The van der Waals surface area contributed by atoms with E-state index in [2.05, 4.69) is 16.7 Å². The molecule has 0 aliphatic heterocycles. The number of rotatable bonds is 5. The molecule has 0 saturated heterocycles. The van der Waals surface area contributed by atoms with Gasteiger partial charge in [-0.3, -0.25) is 4.79 Å². The van der Waals surface area contributed by atoms with Crippen molar-refractivity contribution >= 4 is 22.9 Å². The number of para-hydroxylation sites is 1. The lowest BCUT2D eigenvalue weighted by Crippen LogP contribution is -2.27. The molecule has 1 aromatic heterocycles. The van der Waals surface area contributed by atoms with E-state index in [9.17, 15) is 9.90 Å². The number of aromatic nitrogens is 1. The average molecular weight is 286 g/mol. The molecular formula is C17H22N2O2. The minimum atomic E-state index is -0.387. The van der Waals surface area contributed by atoms with Gasteiger partial charge in [-0.05, 0) is 25.5 Å². The van der Waals surface area contributed by atoms with Crippen LogP contribution in [0, 0.1) is 0 Å². The van der Waals surface area contributed by atoms with Crippen molar-refractivity contribution < 1.29 is 9.90 Å². The maximum Gasteiger partial charge on any atom is 0.246 e. The number of aliphatic hydroxyl groups is 1. The first kappa shape index (κ1) is 15.3. The van der Waals surface area contributed by atoms with Gasteiger partial charge in [0, 0.05) is 49.4 Å². The van der Waals surface area contributed by atoms with Crippen molar-refractivity contribution in [2.75, 3.05) is 13.6 Å². The zero-order valence-corrected chi connectivity index (χ0v) is 12.8. The smallest absolute Gasteiger partial charge is 0.246 e. The zero-order valence-electron chi connectivity index (χ0n) is 12.8. The number of aliphatic hydroxyl groups excluding tert-OH is 1. The lowest BCUT2D eigenvalue weighted by atomic mass is 10.1. The number of carbonyl (C=O) groups excluding carboxylic acids is 1. The van der Waals surface area contributed by atoms with Crippen molar-refractivity contribution in [1.82, 2.24) is 9.47 Å². The van der Waals surface area contributed by atoms with Gasteiger partial charge in [-0.1, -0.05) is 18.2 Å². The highest BCUT2D eigenvalue weighted by atomic mass is 16.3. The maximum atomic E-state index is 12.0. The highest BCUT2D eigenvalue weighted by Gasteiger charge is 2.07. The Morgan fingerprint density at radius 3 is 2.86 bits per heavy atom. The number of likely N-dealkylation sites (N-methyl/N-ethyl adjacent to an activating group) is 1. The second-order valence-electron chi connectivity index (χ2n) is 5.44. The summed E-state index contributed by atoms with van der Waals surface area (Å²) < 4.78 is 2.05. The lowest BCUT2D eigenvalue weighted by Gasteiger charge is -2.15. The third-order valence-corrected chi connectivity index (χ3v) is 3.59. The Morgan fingerprint density at radius 1 is 1.43 bits per heavy atom. The van der Waals surface area contributed by atoms with Crippen LogP contribution in [-0.2, 0) is 11.8 Å². The number of amides is 1. The fourth-order valence-corrected chi connectivity index (χ4v) is 2.28. The topological polar surface area (TPSA) is 45.5 Å². The maximum absolute atomic E-state index is 12.0. The zero-order chi connectivity index (χ0) is 15.4. The molecule has 0 spiro atoms. The number of aryl methyl sites for hydroxylation is 1. The summed E-state index contributed by atoms with van der Waals surface area (Å²) in [5.74, 6) is -0.0522. The van der Waals surface area contributed by atoms with Crippen molar-refractivity contribution in [3.05, 3.63) is 42.1 Å². The number of benzene rings is 1. The summed E-state index contributed by atoms with van der Waals surface area (Å²) in [5.41, 5.74) is 2.18. The largest absolute Gasteiger partial charge is 0.393 e. The number of hydrogen-bond acceptors (Lipinski definition) is 2. The van der Waals surface area contributed by atoms with Crippen LogP contribution in [0.1, 0.15) is 18.9 Å². The van der Waals surface area contributed by atoms with Crippen LogP contribution < -0.4 is 0 Å². The molecule has 1 unspecified atom stereocenters. The Hall–Kier alpha value is -2.07. The molecule has 1 aromatic carbocycles. The molecule has 0 bridgehead atoms. The average Bonchev–Trinajstić information content (AvgIpc) is 2.79. The van der Waals surface area contributed by atoms with Crippen LogP contribution in [0.2, 0.25) is 0 Å². The molecule has 2 rings (SSSR count). The molecule has 1 heterocycles. The van der Waals surface area contributed by atoms with Gasteiger partial charge < -0.3 is 14.6 Å². The normalized spacial score (nSPS) is 13.0. The van der Waals surface area contributed by atoms with E-state index in [1.807, 2.05) is 31.5 Å². The Kier molecular flexibility index (Phi) is 4.81. The number of hydrogen-bond donors (Lipinski definition) is 1. The molecule has 2 aromatic rings. The van der Waals surface area contributed by atoms with Gasteiger partial charge in [0.15, 0.2) is 0 Å². The standard InChI is InChI=1S/C17H22N2O2/c1-13(20)10-11-18(2)17(21)9-8-14-12-19(3)16-7-5-4-6-15(14)16/h4-9,12-13,20H,10-11H2,1-3H3/b9-8+. The quantitative estimate of drug-likeness (QED) is 0.858. The minimum Gasteiger partial charge on any atom is -0.393 e. The number of nitrogens with zero attached hydrogens (tertiary/aromatic N) is 2. The summed E-state index contributed by atoms with van der Waals surface area (Å²) >= 11 is 0. The molecule has 21 heavy (non-hydrogen) atoms. The predicted octanol–water partition coefficient (Wildman–Crippen LogP) is 2.42. The monoisotopic (exact) mass is 286 g/mol. The lowest BCUT2D eigenvalue weighted by molar-refractivity contribution is -0.124. The Morgan fingerprint density at radius 2 is 2.14 bits per heavy atom. The van der Waals surface area contributed by atoms with Crippen LogP contribution in [-0.4, -0.2) is 40.2 Å². The van der Waals surface area contributed by atoms with E-state index in [4.69, 9.17) is 0 Å². The molecule has 1 amide bonds. The summed E-state index contributed by atoms with van der Waals surface area (Å²) in [6, 6.07) is 8.11. The Balaban J connectivity index is 2.11. The molecular weight excluding hydrogens is 264 g/mol. The van der Waals surface area contributed by atoms with Crippen molar-refractivity contribution in [3.8, 4) is 0 Å². The van der Waals surface area contributed by atoms with E-state index in [1.165, 1.54) is 0 Å². The summed E-state index contributed by atoms with van der Waals surface area (Å²) in [6.45, 7) is 2.28. The summed E-state index contributed by atoms with van der Waals surface area (Å²) in [7, 11) is 3.74. The molecule has 1 atom stereocenters. The van der Waals surface area contributed by atoms with E-state index in [1.54, 1.807) is 24.9 Å². The Labute approximate surface area is 125 Å².